The van der Waals surface area contributed by atoms with Gasteiger partial charge in [0.1, 0.15) is 6.61 Å². The van der Waals surface area contributed by atoms with Crippen molar-refractivity contribution in [2.24, 2.45) is 0 Å². The van der Waals surface area contributed by atoms with Gasteiger partial charge in [0.25, 0.3) is 0 Å². The van der Waals surface area contributed by atoms with Crippen molar-refractivity contribution in [3.8, 4) is 11.1 Å². The zero-order chi connectivity index (χ0) is 16.1. The molecule has 0 aliphatic heterocycles. The quantitative estimate of drug-likeness (QED) is 0.832. The van der Waals surface area contributed by atoms with Crippen molar-refractivity contribution in [3.63, 3.8) is 0 Å². The lowest BCUT2D eigenvalue weighted by molar-refractivity contribution is 0.143. The molecule has 0 atom stereocenters. The van der Waals surface area contributed by atoms with Crippen LogP contribution in [0.3, 0.4) is 0 Å². The van der Waals surface area contributed by atoms with Crippen LogP contribution < -0.4 is 5.32 Å². The summed E-state index contributed by atoms with van der Waals surface area (Å²) in [5, 5.41) is 2.65. The van der Waals surface area contributed by atoms with Gasteiger partial charge in [-0.25, -0.2) is 4.79 Å². The van der Waals surface area contributed by atoms with E-state index in [1.54, 1.807) is 6.29 Å². The van der Waals surface area contributed by atoms with Gasteiger partial charge in [-0.2, -0.15) is 0 Å². The lowest BCUT2D eigenvalue weighted by Gasteiger charge is -2.14. The summed E-state index contributed by atoms with van der Waals surface area (Å²) in [5.74, 6) is 0.0662. The number of alkyl carbamates (subject to hydrolysis) is 1. The predicted octanol–water partition coefficient (Wildman–Crippen LogP) is 3.42. The van der Waals surface area contributed by atoms with E-state index in [-0.39, 0.29) is 5.92 Å². The molecular weight excluding hydrogens is 290 g/mol. The second kappa shape index (κ2) is 7.09. The third-order valence-corrected chi connectivity index (χ3v) is 4.07. The number of fused-ring (bicyclic) bond motifs is 3. The van der Waals surface area contributed by atoms with Crippen molar-refractivity contribution < 1.29 is 14.3 Å². The molecule has 1 aliphatic rings. The highest BCUT2D eigenvalue weighted by Crippen LogP contribution is 2.44. The molecule has 1 aliphatic carbocycles. The highest BCUT2D eigenvalue weighted by molar-refractivity contribution is 5.79. The highest BCUT2D eigenvalue weighted by atomic mass is 16.5. The summed E-state index contributed by atoms with van der Waals surface area (Å²) in [6.07, 6.45) is 2.25. The average Bonchev–Trinajstić information content (AvgIpc) is 2.91. The van der Waals surface area contributed by atoms with Crippen molar-refractivity contribution in [1.29, 1.82) is 0 Å². The number of ether oxygens (including phenoxy) is 1. The molecule has 2 aromatic carbocycles. The standard InChI is InChI=1S/C19H18NO3/c21-12-6-5-11-20-19(22)23-13-18-16-9-3-1-7-14(16)15-8-2-4-10-17(15)18/h1-4,7-10,18H,5-6,11,13H2,(H,20,22). The molecule has 4 nitrogen and oxygen atoms in total. The molecule has 117 valence electrons. The molecule has 1 N–H and O–H groups in total. The molecule has 1 amide bonds. The molecule has 0 bridgehead atoms. The van der Waals surface area contributed by atoms with E-state index in [1.807, 2.05) is 24.3 Å². The maximum atomic E-state index is 11.8. The van der Waals surface area contributed by atoms with E-state index in [1.165, 1.54) is 22.3 Å². The monoisotopic (exact) mass is 308 g/mol. The topological polar surface area (TPSA) is 55.4 Å². The van der Waals surface area contributed by atoms with E-state index in [0.29, 0.717) is 26.0 Å². The van der Waals surface area contributed by atoms with Crippen molar-refractivity contribution in [2.45, 2.75) is 18.8 Å². The Morgan fingerprint density at radius 2 is 1.65 bits per heavy atom. The smallest absolute Gasteiger partial charge is 0.407 e. The molecule has 23 heavy (non-hydrogen) atoms. The molecule has 0 saturated heterocycles. The van der Waals surface area contributed by atoms with Gasteiger partial charge in [-0.1, -0.05) is 48.5 Å². The van der Waals surface area contributed by atoms with Crippen LogP contribution in [-0.4, -0.2) is 25.5 Å². The van der Waals surface area contributed by atoms with Crippen LogP contribution in [0.4, 0.5) is 4.79 Å². The molecule has 2 aromatic rings. The van der Waals surface area contributed by atoms with Crippen molar-refractivity contribution in [1.82, 2.24) is 5.32 Å². The third-order valence-electron chi connectivity index (χ3n) is 4.07. The van der Waals surface area contributed by atoms with Crippen molar-refractivity contribution in [3.05, 3.63) is 59.7 Å². The number of nitrogens with one attached hydrogen (secondary N) is 1. The van der Waals surface area contributed by atoms with Crippen LogP contribution in [0.2, 0.25) is 0 Å². The molecule has 0 saturated carbocycles. The van der Waals surface area contributed by atoms with Crippen LogP contribution in [-0.2, 0) is 9.53 Å². The van der Waals surface area contributed by atoms with Crippen molar-refractivity contribution in [2.75, 3.05) is 13.2 Å². The maximum absolute atomic E-state index is 11.8. The molecule has 3 rings (SSSR count). The fourth-order valence-electron chi connectivity index (χ4n) is 3.00. The minimum absolute atomic E-state index is 0.0662. The first-order valence-corrected chi connectivity index (χ1v) is 7.75. The van der Waals surface area contributed by atoms with Crippen LogP contribution in [0, 0.1) is 0 Å². The Labute approximate surface area is 135 Å². The first-order valence-electron chi connectivity index (χ1n) is 7.75. The molecule has 0 heterocycles. The molecule has 1 radical (unpaired) electrons. The van der Waals surface area contributed by atoms with Gasteiger partial charge in [-0.05, 0) is 28.7 Å². The van der Waals surface area contributed by atoms with Gasteiger partial charge in [0.15, 0.2) is 6.29 Å². The fraction of sp³-hybridized carbons (Fsp3) is 0.263. The number of unbranched alkanes of at least 4 members (excludes halogenated alkanes) is 1. The number of hydrogen-bond acceptors (Lipinski definition) is 3. The molecule has 4 heteroatoms. The Morgan fingerprint density at radius 3 is 2.26 bits per heavy atom. The summed E-state index contributed by atoms with van der Waals surface area (Å²) in [6.45, 7) is 0.728. The summed E-state index contributed by atoms with van der Waals surface area (Å²) in [6, 6.07) is 16.4. The predicted molar refractivity (Wildman–Crippen MR) is 88.0 cm³/mol. The van der Waals surface area contributed by atoms with Gasteiger partial charge in [0.05, 0.1) is 0 Å². The van der Waals surface area contributed by atoms with Crippen molar-refractivity contribution >= 4 is 12.4 Å². The van der Waals surface area contributed by atoms with Crippen LogP contribution in [0.15, 0.2) is 48.5 Å². The summed E-state index contributed by atoms with van der Waals surface area (Å²) < 4.78 is 5.37. The molecule has 0 unspecified atom stereocenters. The summed E-state index contributed by atoms with van der Waals surface area (Å²) >= 11 is 0. The third kappa shape index (κ3) is 3.26. The number of carbonyl (C=O) groups excluding carboxylic acids is 2. The molecule has 0 aromatic heterocycles. The van der Waals surface area contributed by atoms with Gasteiger partial charge in [0.2, 0.25) is 0 Å². The SMILES string of the molecule is O=[C]CCCNC(=O)OCC1c2ccccc2-c2ccccc21. The van der Waals surface area contributed by atoms with Gasteiger partial charge in [0, 0.05) is 18.9 Å². The zero-order valence-electron chi connectivity index (χ0n) is 12.7. The van der Waals surface area contributed by atoms with E-state index in [2.05, 4.69) is 29.6 Å². The fourth-order valence-corrected chi connectivity index (χ4v) is 3.00. The van der Waals surface area contributed by atoms with E-state index < -0.39 is 6.09 Å². The second-order valence-corrected chi connectivity index (χ2v) is 5.50. The minimum atomic E-state index is -0.447. The number of rotatable bonds is 6. The van der Waals surface area contributed by atoms with Crippen LogP contribution >= 0.6 is 0 Å². The Balaban J connectivity index is 1.66. The zero-order valence-corrected chi connectivity index (χ0v) is 12.7. The maximum Gasteiger partial charge on any atom is 0.407 e. The van der Waals surface area contributed by atoms with Crippen LogP contribution in [0.1, 0.15) is 29.9 Å². The average molecular weight is 308 g/mol. The largest absolute Gasteiger partial charge is 0.449 e. The summed E-state index contributed by atoms with van der Waals surface area (Å²) in [5.41, 5.74) is 4.80. The lowest BCUT2D eigenvalue weighted by Crippen LogP contribution is -2.27. The van der Waals surface area contributed by atoms with E-state index in [9.17, 15) is 9.59 Å². The minimum Gasteiger partial charge on any atom is -0.449 e. The van der Waals surface area contributed by atoms with Gasteiger partial charge < -0.3 is 10.1 Å². The molecular formula is C19H18NO3. The van der Waals surface area contributed by atoms with E-state index in [4.69, 9.17) is 4.74 Å². The first kappa shape index (κ1) is 15.3. The lowest BCUT2D eigenvalue weighted by atomic mass is 9.98. The van der Waals surface area contributed by atoms with Crippen LogP contribution in [0.25, 0.3) is 11.1 Å². The van der Waals surface area contributed by atoms with Crippen LogP contribution in [0.5, 0.6) is 0 Å². The van der Waals surface area contributed by atoms with E-state index in [0.717, 1.165) is 0 Å². The Morgan fingerprint density at radius 1 is 1.04 bits per heavy atom. The van der Waals surface area contributed by atoms with E-state index >= 15 is 0 Å². The number of benzene rings is 2. The normalized spacial score (nSPS) is 12.3. The highest BCUT2D eigenvalue weighted by Gasteiger charge is 2.28. The molecule has 0 fully saturated rings. The second-order valence-electron chi connectivity index (χ2n) is 5.50. The van der Waals surface area contributed by atoms with Gasteiger partial charge in [-0.15, -0.1) is 0 Å². The number of amides is 1. The Hall–Kier alpha value is -2.62. The van der Waals surface area contributed by atoms with Gasteiger partial charge in [-0.3, -0.25) is 4.79 Å². The number of hydrogen-bond donors (Lipinski definition) is 1. The molecule has 0 spiro atoms. The Kier molecular flexibility index (Phi) is 4.71. The number of carbonyl (C=O) groups is 1. The van der Waals surface area contributed by atoms with Gasteiger partial charge >= 0.3 is 6.09 Å². The first-order chi connectivity index (χ1) is 11.3. The summed E-state index contributed by atoms with van der Waals surface area (Å²) in [7, 11) is 0. The summed E-state index contributed by atoms with van der Waals surface area (Å²) in [4.78, 5) is 21.9. The Bertz CT molecular complexity index is 666.